The topological polar surface area (TPSA) is 93.5 Å². The van der Waals surface area contributed by atoms with E-state index in [9.17, 15) is 10.1 Å². The zero-order valence-electron chi connectivity index (χ0n) is 22.4. The lowest BCUT2D eigenvalue weighted by Crippen LogP contribution is -2.23. The summed E-state index contributed by atoms with van der Waals surface area (Å²) in [5.74, 6) is 1.58. The number of nitriles is 1. The molecule has 0 spiro atoms. The molecule has 1 amide bonds. The molecule has 1 unspecified atom stereocenters. The lowest BCUT2D eigenvalue weighted by Gasteiger charge is -2.17. The summed E-state index contributed by atoms with van der Waals surface area (Å²) in [6.45, 7) is 3.80. The minimum Gasteiger partial charge on any atom is -0.497 e. The van der Waals surface area contributed by atoms with E-state index >= 15 is 0 Å². The van der Waals surface area contributed by atoms with Gasteiger partial charge in [0.25, 0.3) is 0 Å². The molecule has 39 heavy (non-hydrogen) atoms. The lowest BCUT2D eigenvalue weighted by molar-refractivity contribution is -0.115. The molecular weight excluding hydrogens is 510 g/mol. The van der Waals surface area contributed by atoms with Crippen LogP contribution in [0.15, 0.2) is 77.8 Å². The summed E-state index contributed by atoms with van der Waals surface area (Å²) in [6.07, 6.45) is 0. The lowest BCUT2D eigenvalue weighted by atomic mass is 9.98. The number of amides is 1. The number of benzene rings is 3. The van der Waals surface area contributed by atoms with Crippen molar-refractivity contribution >= 4 is 23.4 Å². The van der Waals surface area contributed by atoms with Crippen LogP contribution in [0.4, 0.5) is 5.69 Å². The van der Waals surface area contributed by atoms with Crippen LogP contribution in [0.25, 0.3) is 22.4 Å². The van der Waals surface area contributed by atoms with E-state index in [1.807, 2.05) is 61.5 Å². The molecule has 0 saturated carbocycles. The van der Waals surface area contributed by atoms with Gasteiger partial charge in [-0.3, -0.25) is 4.79 Å². The van der Waals surface area contributed by atoms with Crippen LogP contribution >= 0.6 is 11.8 Å². The van der Waals surface area contributed by atoms with Crippen LogP contribution in [-0.4, -0.2) is 37.5 Å². The standard InChI is InChI=1S/C31H29N3O4S/c1-19-6-8-21(9-7-19)25-17-27(22-10-12-23(36-3)13-11-22)34-31(26(25)18-32)39-20(2)30(35)33-28-16-24(37-4)14-15-29(28)38-5/h6-17,20H,1-5H3,(H,33,35). The molecule has 198 valence electrons. The van der Waals surface area contributed by atoms with Crippen LogP contribution in [0, 0.1) is 18.3 Å². The third kappa shape index (κ3) is 6.33. The Balaban J connectivity index is 1.73. The van der Waals surface area contributed by atoms with Gasteiger partial charge in [0.05, 0.1) is 43.5 Å². The number of nitrogens with one attached hydrogen (secondary N) is 1. The van der Waals surface area contributed by atoms with E-state index in [0.29, 0.717) is 33.5 Å². The van der Waals surface area contributed by atoms with Gasteiger partial charge in [0.2, 0.25) is 5.91 Å². The van der Waals surface area contributed by atoms with Crippen LogP contribution in [0.2, 0.25) is 0 Å². The first-order valence-corrected chi connectivity index (χ1v) is 13.1. The van der Waals surface area contributed by atoms with Crippen molar-refractivity contribution in [2.24, 2.45) is 0 Å². The summed E-state index contributed by atoms with van der Waals surface area (Å²) in [4.78, 5) is 18.1. The van der Waals surface area contributed by atoms with Crippen LogP contribution in [-0.2, 0) is 4.79 Å². The Morgan fingerprint density at radius 3 is 2.15 bits per heavy atom. The number of hydrogen-bond donors (Lipinski definition) is 1. The zero-order chi connectivity index (χ0) is 27.9. The molecule has 0 aliphatic heterocycles. The van der Waals surface area contributed by atoms with Crippen molar-refractivity contribution < 1.29 is 19.0 Å². The van der Waals surface area contributed by atoms with Gasteiger partial charge in [0.15, 0.2) is 0 Å². The fraction of sp³-hybridized carbons (Fsp3) is 0.194. The fourth-order valence-corrected chi connectivity index (χ4v) is 4.88. The van der Waals surface area contributed by atoms with Gasteiger partial charge in [0.1, 0.15) is 28.3 Å². The van der Waals surface area contributed by atoms with Gasteiger partial charge in [-0.25, -0.2) is 4.98 Å². The third-order valence-corrected chi connectivity index (χ3v) is 7.25. The molecule has 1 atom stereocenters. The summed E-state index contributed by atoms with van der Waals surface area (Å²) >= 11 is 1.23. The molecule has 3 aromatic carbocycles. The third-order valence-electron chi connectivity index (χ3n) is 6.17. The Morgan fingerprint density at radius 1 is 0.897 bits per heavy atom. The van der Waals surface area contributed by atoms with E-state index in [1.54, 1.807) is 39.3 Å². The second-order valence-electron chi connectivity index (χ2n) is 8.76. The molecule has 1 N–H and O–H groups in total. The SMILES string of the molecule is COc1ccc(-c2cc(-c3ccc(C)cc3)c(C#N)c(SC(C)C(=O)Nc3cc(OC)ccc3OC)n2)cc1. The normalized spacial score (nSPS) is 11.3. The van der Waals surface area contributed by atoms with Crippen LogP contribution in [0.1, 0.15) is 18.1 Å². The molecule has 0 saturated heterocycles. The largest absolute Gasteiger partial charge is 0.497 e. The second kappa shape index (κ2) is 12.4. The quantitative estimate of drug-likeness (QED) is 0.235. The number of anilines is 1. The first-order valence-electron chi connectivity index (χ1n) is 12.2. The van der Waals surface area contributed by atoms with Crippen molar-refractivity contribution in [1.82, 2.24) is 4.98 Å². The van der Waals surface area contributed by atoms with Crippen molar-refractivity contribution in [2.75, 3.05) is 26.6 Å². The Morgan fingerprint density at radius 2 is 1.54 bits per heavy atom. The molecule has 0 fully saturated rings. The van der Waals surface area contributed by atoms with Crippen LogP contribution < -0.4 is 19.5 Å². The van der Waals surface area contributed by atoms with Crippen molar-refractivity contribution in [3.63, 3.8) is 0 Å². The number of carbonyl (C=O) groups excluding carboxylic acids is 1. The highest BCUT2D eigenvalue weighted by Gasteiger charge is 2.22. The summed E-state index contributed by atoms with van der Waals surface area (Å²) in [5, 5.41) is 13.0. The first-order chi connectivity index (χ1) is 18.9. The highest BCUT2D eigenvalue weighted by molar-refractivity contribution is 8.00. The van der Waals surface area contributed by atoms with Crippen LogP contribution in [0.3, 0.4) is 0 Å². The monoisotopic (exact) mass is 539 g/mol. The maximum Gasteiger partial charge on any atom is 0.237 e. The van der Waals surface area contributed by atoms with Crippen molar-refractivity contribution in [2.45, 2.75) is 24.1 Å². The molecule has 0 aliphatic rings. The van der Waals surface area contributed by atoms with Gasteiger partial charge in [0, 0.05) is 17.2 Å². The maximum atomic E-state index is 13.2. The predicted molar refractivity (Wildman–Crippen MR) is 155 cm³/mol. The van der Waals surface area contributed by atoms with Gasteiger partial charge in [-0.05, 0) is 61.9 Å². The summed E-state index contributed by atoms with van der Waals surface area (Å²) in [6, 6.07) is 25.0. The zero-order valence-corrected chi connectivity index (χ0v) is 23.3. The van der Waals surface area contributed by atoms with Gasteiger partial charge in [-0.1, -0.05) is 41.6 Å². The smallest absolute Gasteiger partial charge is 0.237 e. The molecule has 0 bridgehead atoms. The maximum absolute atomic E-state index is 13.2. The van der Waals surface area contributed by atoms with Crippen molar-refractivity contribution in [1.29, 1.82) is 5.26 Å². The second-order valence-corrected chi connectivity index (χ2v) is 10.1. The summed E-state index contributed by atoms with van der Waals surface area (Å²) in [5.41, 5.74) is 5.24. The number of hydrogen-bond acceptors (Lipinski definition) is 7. The molecule has 0 radical (unpaired) electrons. The number of aromatic nitrogens is 1. The highest BCUT2D eigenvalue weighted by Crippen LogP contribution is 2.37. The summed E-state index contributed by atoms with van der Waals surface area (Å²) in [7, 11) is 4.71. The number of nitrogens with zero attached hydrogens (tertiary/aromatic N) is 2. The van der Waals surface area contributed by atoms with E-state index in [1.165, 1.54) is 18.9 Å². The van der Waals surface area contributed by atoms with Gasteiger partial charge in [-0.2, -0.15) is 5.26 Å². The van der Waals surface area contributed by atoms with Crippen molar-refractivity contribution in [3.8, 4) is 45.7 Å². The number of rotatable bonds is 9. The fourth-order valence-electron chi connectivity index (χ4n) is 3.95. The minimum atomic E-state index is -0.572. The number of carbonyl (C=O) groups is 1. The van der Waals surface area contributed by atoms with Gasteiger partial charge < -0.3 is 19.5 Å². The van der Waals surface area contributed by atoms with Gasteiger partial charge in [-0.15, -0.1) is 0 Å². The molecule has 4 aromatic rings. The van der Waals surface area contributed by atoms with Crippen LogP contribution in [0.5, 0.6) is 17.2 Å². The molecule has 4 rings (SSSR count). The van der Waals surface area contributed by atoms with E-state index in [0.717, 1.165) is 28.0 Å². The molecule has 7 nitrogen and oxygen atoms in total. The minimum absolute atomic E-state index is 0.260. The Bertz CT molecular complexity index is 1510. The first kappa shape index (κ1) is 27.6. The number of aryl methyl sites for hydroxylation is 1. The van der Waals surface area contributed by atoms with E-state index < -0.39 is 5.25 Å². The van der Waals surface area contributed by atoms with Crippen molar-refractivity contribution in [3.05, 3.63) is 83.9 Å². The number of methoxy groups -OCH3 is 3. The Labute approximate surface area is 232 Å². The average molecular weight is 540 g/mol. The molecule has 0 aliphatic carbocycles. The average Bonchev–Trinajstić information content (AvgIpc) is 2.97. The molecule has 8 heteroatoms. The van der Waals surface area contributed by atoms with Gasteiger partial charge >= 0.3 is 0 Å². The van der Waals surface area contributed by atoms with E-state index in [2.05, 4.69) is 11.4 Å². The predicted octanol–water partition coefficient (Wildman–Crippen LogP) is 6.74. The number of pyridine rings is 1. The molecule has 1 aromatic heterocycles. The number of ether oxygens (including phenoxy) is 3. The molecule has 1 heterocycles. The van der Waals surface area contributed by atoms with E-state index in [4.69, 9.17) is 19.2 Å². The van der Waals surface area contributed by atoms with E-state index in [-0.39, 0.29) is 5.91 Å². The summed E-state index contributed by atoms with van der Waals surface area (Å²) < 4.78 is 16.0. The Kier molecular flexibility index (Phi) is 8.74. The Hall–Kier alpha value is -4.48. The number of thioether (sulfide) groups is 1. The highest BCUT2D eigenvalue weighted by atomic mass is 32.2. The molecular formula is C31H29N3O4S.